The number of aryl methyl sites for hydroxylation is 3. The number of nitrogens with zero attached hydrogens (tertiary/aromatic N) is 4. The Morgan fingerprint density at radius 2 is 2.00 bits per heavy atom. The topological polar surface area (TPSA) is 70.6 Å². The van der Waals surface area contributed by atoms with Crippen LogP contribution in [0.25, 0.3) is 0 Å². The van der Waals surface area contributed by atoms with Gasteiger partial charge in [-0.2, -0.15) is 5.10 Å². The minimum Gasteiger partial charge on any atom is -0.468 e. The van der Waals surface area contributed by atoms with E-state index in [9.17, 15) is 0 Å². The minimum atomic E-state index is 0. The molecule has 8 heteroatoms. The van der Waals surface area contributed by atoms with E-state index in [0.717, 1.165) is 56.6 Å². The summed E-state index contributed by atoms with van der Waals surface area (Å²) in [6.45, 7) is 15.7. The van der Waals surface area contributed by atoms with Gasteiger partial charge in [0.2, 0.25) is 0 Å². The Bertz CT molecular complexity index is 709. The van der Waals surface area contributed by atoms with Crippen LogP contribution in [0.5, 0.6) is 0 Å². The van der Waals surface area contributed by atoms with Gasteiger partial charge in [0.15, 0.2) is 5.96 Å². The van der Waals surface area contributed by atoms with Crippen LogP contribution in [0.4, 0.5) is 0 Å². The van der Waals surface area contributed by atoms with E-state index in [4.69, 9.17) is 9.41 Å². The molecule has 0 spiro atoms. The quantitative estimate of drug-likeness (QED) is 0.206. The molecule has 0 saturated carbocycles. The van der Waals surface area contributed by atoms with Crippen molar-refractivity contribution >= 4 is 29.9 Å². The lowest BCUT2D eigenvalue weighted by atomic mass is 10.2. The Balaban J connectivity index is 0.00000420. The van der Waals surface area contributed by atoms with E-state index in [-0.39, 0.29) is 30.0 Å². The average molecular weight is 516 g/mol. The van der Waals surface area contributed by atoms with Crippen molar-refractivity contribution in [3.05, 3.63) is 41.6 Å². The summed E-state index contributed by atoms with van der Waals surface area (Å²) < 4.78 is 7.74. The molecule has 164 valence electrons. The largest absolute Gasteiger partial charge is 0.468 e. The molecule has 2 aromatic rings. The second-order valence-corrected chi connectivity index (χ2v) is 6.90. The minimum absolute atomic E-state index is 0. The molecule has 2 N–H and O–H groups in total. The summed E-state index contributed by atoms with van der Waals surface area (Å²) in [7, 11) is 0. The van der Waals surface area contributed by atoms with Crippen LogP contribution in [0.15, 0.2) is 33.9 Å². The molecule has 0 saturated heterocycles. The van der Waals surface area contributed by atoms with E-state index in [0.29, 0.717) is 6.54 Å². The first kappa shape index (κ1) is 25.5. The van der Waals surface area contributed by atoms with Gasteiger partial charge >= 0.3 is 0 Å². The highest BCUT2D eigenvalue weighted by atomic mass is 127. The van der Waals surface area contributed by atoms with Crippen molar-refractivity contribution in [1.29, 1.82) is 0 Å². The molecule has 0 aliphatic rings. The molecular weight excluding hydrogens is 479 g/mol. The Kier molecular flexibility index (Phi) is 12.0. The monoisotopic (exact) mass is 516 g/mol. The maximum Gasteiger partial charge on any atom is 0.191 e. The van der Waals surface area contributed by atoms with Gasteiger partial charge in [0.25, 0.3) is 0 Å². The van der Waals surface area contributed by atoms with Crippen molar-refractivity contribution in [3.8, 4) is 0 Å². The Hall–Kier alpha value is -1.55. The van der Waals surface area contributed by atoms with E-state index in [1.165, 1.54) is 5.69 Å². The second-order valence-electron chi connectivity index (χ2n) is 6.90. The fraction of sp³-hybridized carbons (Fsp3) is 0.619. The lowest BCUT2D eigenvalue weighted by molar-refractivity contribution is 0.198. The zero-order valence-electron chi connectivity index (χ0n) is 18.4. The van der Waals surface area contributed by atoms with Crippen LogP contribution in [-0.4, -0.2) is 53.4 Å². The molecule has 0 amide bonds. The summed E-state index contributed by atoms with van der Waals surface area (Å²) in [4.78, 5) is 7.19. The van der Waals surface area contributed by atoms with Crippen molar-refractivity contribution in [2.24, 2.45) is 4.99 Å². The van der Waals surface area contributed by atoms with Gasteiger partial charge in [-0.15, -0.1) is 24.0 Å². The van der Waals surface area contributed by atoms with Crippen LogP contribution >= 0.6 is 24.0 Å². The number of aliphatic imine (C=N–C) groups is 1. The van der Waals surface area contributed by atoms with Gasteiger partial charge in [-0.05, 0) is 58.5 Å². The predicted octanol–water partition coefficient (Wildman–Crippen LogP) is 3.74. The Morgan fingerprint density at radius 1 is 1.24 bits per heavy atom. The van der Waals surface area contributed by atoms with Gasteiger partial charge < -0.3 is 15.1 Å². The lowest BCUT2D eigenvalue weighted by Crippen LogP contribution is -2.39. The molecule has 2 aromatic heterocycles. The third-order valence-corrected chi connectivity index (χ3v) is 4.83. The van der Waals surface area contributed by atoms with E-state index < -0.39 is 0 Å². The molecule has 1 unspecified atom stereocenters. The number of likely N-dealkylation sites (N-methyl/N-ethyl adjacent to an activating group) is 1. The second kappa shape index (κ2) is 13.6. The van der Waals surface area contributed by atoms with E-state index in [2.05, 4.69) is 59.1 Å². The molecular formula is C21H37IN6O. The van der Waals surface area contributed by atoms with Gasteiger partial charge in [-0.1, -0.05) is 13.8 Å². The van der Waals surface area contributed by atoms with Crippen LogP contribution in [-0.2, 0) is 6.54 Å². The molecule has 29 heavy (non-hydrogen) atoms. The van der Waals surface area contributed by atoms with E-state index in [1.54, 1.807) is 6.26 Å². The molecule has 0 aliphatic heterocycles. The van der Waals surface area contributed by atoms with Crippen molar-refractivity contribution in [2.75, 3.05) is 32.7 Å². The highest BCUT2D eigenvalue weighted by Crippen LogP contribution is 2.21. The maximum atomic E-state index is 5.67. The summed E-state index contributed by atoms with van der Waals surface area (Å²) in [5.41, 5.74) is 2.28. The van der Waals surface area contributed by atoms with Gasteiger partial charge in [0.1, 0.15) is 5.76 Å². The Morgan fingerprint density at radius 3 is 2.55 bits per heavy atom. The fourth-order valence-electron chi connectivity index (χ4n) is 3.39. The molecule has 7 nitrogen and oxygen atoms in total. The molecule has 0 bridgehead atoms. The number of nitrogens with one attached hydrogen (secondary N) is 2. The van der Waals surface area contributed by atoms with Crippen molar-refractivity contribution in [2.45, 2.75) is 53.6 Å². The molecule has 0 aromatic carbocycles. The summed E-state index contributed by atoms with van der Waals surface area (Å²) in [5, 5.41) is 11.3. The SMILES string of the molecule is CCNC(=NCC(c1ccco1)N(CC)CC)NCCCn1nc(C)cc1C.I. The van der Waals surface area contributed by atoms with Crippen LogP contribution < -0.4 is 10.6 Å². The van der Waals surface area contributed by atoms with Crippen molar-refractivity contribution in [1.82, 2.24) is 25.3 Å². The number of furan rings is 1. The summed E-state index contributed by atoms with van der Waals surface area (Å²) >= 11 is 0. The van der Waals surface area contributed by atoms with Crippen molar-refractivity contribution < 1.29 is 4.42 Å². The number of rotatable bonds is 11. The number of hydrogen-bond donors (Lipinski definition) is 2. The molecule has 0 aliphatic carbocycles. The van der Waals surface area contributed by atoms with Crippen LogP contribution in [0.1, 0.15) is 50.4 Å². The van der Waals surface area contributed by atoms with Gasteiger partial charge in [0, 0.05) is 25.3 Å². The van der Waals surface area contributed by atoms with Gasteiger partial charge in [-0.3, -0.25) is 14.6 Å². The zero-order chi connectivity index (χ0) is 20.4. The lowest BCUT2D eigenvalue weighted by Gasteiger charge is -2.27. The highest BCUT2D eigenvalue weighted by Gasteiger charge is 2.20. The average Bonchev–Trinajstić information content (AvgIpc) is 3.31. The molecule has 2 heterocycles. The van der Waals surface area contributed by atoms with Crippen molar-refractivity contribution in [3.63, 3.8) is 0 Å². The Labute approximate surface area is 192 Å². The molecule has 1 atom stereocenters. The number of hydrogen-bond acceptors (Lipinski definition) is 4. The molecule has 0 radical (unpaired) electrons. The van der Waals surface area contributed by atoms with Gasteiger partial charge in [0.05, 0.1) is 24.5 Å². The summed E-state index contributed by atoms with van der Waals surface area (Å²) in [5.74, 6) is 1.81. The first-order chi connectivity index (χ1) is 13.6. The van der Waals surface area contributed by atoms with E-state index >= 15 is 0 Å². The normalized spacial score (nSPS) is 12.7. The fourth-order valence-corrected chi connectivity index (χ4v) is 3.39. The number of guanidine groups is 1. The number of halogens is 1. The zero-order valence-corrected chi connectivity index (χ0v) is 20.8. The van der Waals surface area contributed by atoms with E-state index in [1.807, 2.05) is 19.1 Å². The molecule has 2 rings (SSSR count). The third kappa shape index (κ3) is 8.00. The number of aromatic nitrogens is 2. The third-order valence-electron chi connectivity index (χ3n) is 4.83. The first-order valence-electron chi connectivity index (χ1n) is 10.4. The molecule has 0 fully saturated rings. The summed E-state index contributed by atoms with van der Waals surface area (Å²) in [6.07, 6.45) is 2.72. The summed E-state index contributed by atoms with van der Waals surface area (Å²) in [6, 6.07) is 6.24. The standard InChI is InChI=1S/C21H36N6O.HI/c1-6-22-21(23-12-10-13-27-18(5)15-17(4)25-27)24-16-19(26(7-2)8-3)20-11-9-14-28-20;/h9,11,14-15,19H,6-8,10,12-13,16H2,1-5H3,(H2,22,23,24);1H. The smallest absolute Gasteiger partial charge is 0.191 e. The van der Waals surface area contributed by atoms with Crippen LogP contribution in [0.2, 0.25) is 0 Å². The van der Waals surface area contributed by atoms with Crippen LogP contribution in [0.3, 0.4) is 0 Å². The first-order valence-corrected chi connectivity index (χ1v) is 10.4. The maximum absolute atomic E-state index is 5.67. The highest BCUT2D eigenvalue weighted by molar-refractivity contribution is 14.0. The van der Waals surface area contributed by atoms with Crippen LogP contribution in [0, 0.1) is 13.8 Å². The predicted molar refractivity (Wildman–Crippen MR) is 130 cm³/mol. The van der Waals surface area contributed by atoms with Gasteiger partial charge in [-0.25, -0.2) is 0 Å².